The Labute approximate surface area is 109 Å². The Bertz CT molecular complexity index is 673. The molecule has 0 amide bonds. The van der Waals surface area contributed by atoms with Crippen LogP contribution in [0.1, 0.15) is 10.5 Å². The van der Waals surface area contributed by atoms with Crippen molar-refractivity contribution < 1.29 is 27.1 Å². The minimum Gasteiger partial charge on any atom is -0.464 e. The second-order valence-electron chi connectivity index (χ2n) is 3.66. The lowest BCUT2D eigenvalue weighted by Gasteiger charge is -2.09. The van der Waals surface area contributed by atoms with Gasteiger partial charge in [0.2, 0.25) is 0 Å². The number of esters is 1. The lowest BCUT2D eigenvalue weighted by Crippen LogP contribution is -2.11. The Morgan fingerprint density at radius 1 is 1.25 bits per heavy atom. The van der Waals surface area contributed by atoms with Gasteiger partial charge in [-0.05, 0) is 0 Å². The van der Waals surface area contributed by atoms with E-state index < -0.39 is 46.4 Å². The van der Waals surface area contributed by atoms with Crippen molar-refractivity contribution >= 4 is 11.8 Å². The van der Waals surface area contributed by atoms with Gasteiger partial charge in [-0.3, -0.25) is 4.57 Å². The molecular weight excluding hydrogens is 282 g/mol. The van der Waals surface area contributed by atoms with Crippen LogP contribution in [0.4, 0.5) is 23.4 Å². The average molecular weight is 289 g/mol. The maximum Gasteiger partial charge on any atom is 0.360 e. The quantitative estimate of drug-likeness (QED) is 0.520. The molecule has 5 nitrogen and oxygen atoms in total. The zero-order chi connectivity index (χ0) is 15.0. The number of nitrogens with two attached hydrogens (primary N) is 1. The van der Waals surface area contributed by atoms with E-state index in [2.05, 4.69) is 9.72 Å². The van der Waals surface area contributed by atoms with Gasteiger partial charge in [0, 0.05) is 6.07 Å². The average Bonchev–Trinajstić information content (AvgIpc) is 2.78. The van der Waals surface area contributed by atoms with Crippen LogP contribution in [0, 0.1) is 23.3 Å². The van der Waals surface area contributed by atoms with E-state index in [1.807, 2.05) is 0 Å². The largest absolute Gasteiger partial charge is 0.464 e. The summed E-state index contributed by atoms with van der Waals surface area (Å²) in [6.07, 6.45) is 0.752. The number of hydrogen-bond donors (Lipinski definition) is 1. The number of aromatic nitrogens is 2. The highest BCUT2D eigenvalue weighted by Gasteiger charge is 2.25. The molecule has 0 atom stereocenters. The van der Waals surface area contributed by atoms with Gasteiger partial charge < -0.3 is 10.5 Å². The van der Waals surface area contributed by atoms with Crippen molar-refractivity contribution in [3.63, 3.8) is 0 Å². The number of hydrogen-bond acceptors (Lipinski definition) is 4. The Kier molecular flexibility index (Phi) is 3.35. The molecule has 20 heavy (non-hydrogen) atoms. The lowest BCUT2D eigenvalue weighted by molar-refractivity contribution is 0.0596. The molecule has 0 aliphatic heterocycles. The van der Waals surface area contributed by atoms with E-state index in [0.717, 1.165) is 13.4 Å². The number of halogens is 4. The number of carbonyl (C=O) groups excluding carboxylic acids is 1. The van der Waals surface area contributed by atoms with Gasteiger partial charge in [-0.2, -0.15) is 0 Å². The molecule has 1 aromatic carbocycles. The number of methoxy groups -OCH3 is 1. The number of rotatable bonds is 2. The first-order chi connectivity index (χ1) is 9.38. The summed E-state index contributed by atoms with van der Waals surface area (Å²) in [5, 5.41) is 0. The van der Waals surface area contributed by atoms with Gasteiger partial charge in [0.15, 0.2) is 29.0 Å². The summed E-state index contributed by atoms with van der Waals surface area (Å²) in [6.45, 7) is 0. The first kappa shape index (κ1) is 13.8. The van der Waals surface area contributed by atoms with E-state index in [9.17, 15) is 22.4 Å². The molecule has 0 bridgehead atoms. The van der Waals surface area contributed by atoms with Crippen LogP contribution in [0.5, 0.6) is 0 Å². The predicted octanol–water partition coefficient (Wildman–Crippen LogP) is 1.80. The number of imidazole rings is 1. The summed E-state index contributed by atoms with van der Waals surface area (Å²) >= 11 is 0. The van der Waals surface area contributed by atoms with E-state index in [4.69, 9.17) is 5.73 Å². The van der Waals surface area contributed by atoms with Crippen LogP contribution >= 0.6 is 0 Å². The zero-order valence-corrected chi connectivity index (χ0v) is 9.95. The monoisotopic (exact) mass is 289 g/mol. The van der Waals surface area contributed by atoms with Gasteiger partial charge >= 0.3 is 5.97 Å². The second kappa shape index (κ2) is 4.83. The van der Waals surface area contributed by atoms with Gasteiger partial charge in [0.05, 0.1) is 7.11 Å². The fraction of sp³-hybridized carbons (Fsp3) is 0.0909. The fourth-order valence-corrected chi connectivity index (χ4v) is 1.56. The summed E-state index contributed by atoms with van der Waals surface area (Å²) in [5.41, 5.74) is 3.93. The number of nitrogen functional groups attached to an aromatic ring is 1. The third kappa shape index (κ3) is 1.96. The minimum atomic E-state index is -1.66. The van der Waals surface area contributed by atoms with Crippen molar-refractivity contribution in [2.45, 2.75) is 0 Å². The lowest BCUT2D eigenvalue weighted by atomic mass is 10.2. The third-order valence-corrected chi connectivity index (χ3v) is 2.51. The summed E-state index contributed by atoms with van der Waals surface area (Å²) in [6, 6.07) is 0.0580. The van der Waals surface area contributed by atoms with Gasteiger partial charge in [-0.15, -0.1) is 0 Å². The van der Waals surface area contributed by atoms with E-state index in [1.54, 1.807) is 0 Å². The van der Waals surface area contributed by atoms with Crippen LogP contribution < -0.4 is 5.73 Å². The van der Waals surface area contributed by atoms with Gasteiger partial charge in [-0.25, -0.2) is 27.3 Å². The van der Waals surface area contributed by atoms with Crippen LogP contribution in [0.2, 0.25) is 0 Å². The molecule has 0 unspecified atom stereocenters. The van der Waals surface area contributed by atoms with Crippen molar-refractivity contribution in [2.75, 3.05) is 12.8 Å². The molecule has 1 aromatic heterocycles. The molecule has 2 aromatic rings. The van der Waals surface area contributed by atoms with Crippen molar-refractivity contribution in [3.8, 4) is 5.69 Å². The van der Waals surface area contributed by atoms with Crippen LogP contribution in [0.25, 0.3) is 5.69 Å². The summed E-state index contributed by atoms with van der Waals surface area (Å²) in [4.78, 5) is 14.8. The standard InChI is InChI=1S/C11H7F4N3O2/c1-20-11(19)8-10(16)18(3-17-8)9-6(14)4(12)2-5(13)7(9)15/h2-3H,16H2,1H3. The summed E-state index contributed by atoms with van der Waals surface area (Å²) < 4.78 is 58.3. The summed E-state index contributed by atoms with van der Waals surface area (Å²) in [5.74, 6) is -8.01. The summed E-state index contributed by atoms with van der Waals surface area (Å²) in [7, 11) is 1.05. The molecule has 1 heterocycles. The number of carbonyl (C=O) groups is 1. The van der Waals surface area contributed by atoms with Gasteiger partial charge in [0.1, 0.15) is 17.8 Å². The fourth-order valence-electron chi connectivity index (χ4n) is 1.56. The molecule has 9 heteroatoms. The third-order valence-electron chi connectivity index (χ3n) is 2.51. The predicted molar refractivity (Wildman–Crippen MR) is 59.1 cm³/mol. The van der Waals surface area contributed by atoms with E-state index in [0.29, 0.717) is 4.57 Å². The highest BCUT2D eigenvalue weighted by atomic mass is 19.2. The highest BCUT2D eigenvalue weighted by Crippen LogP contribution is 2.26. The molecule has 0 aliphatic rings. The molecule has 0 aliphatic carbocycles. The minimum absolute atomic E-state index is 0.0580. The molecule has 0 saturated carbocycles. The number of anilines is 1. The molecule has 2 N–H and O–H groups in total. The Hall–Kier alpha value is -2.58. The van der Waals surface area contributed by atoms with Gasteiger partial charge in [-0.1, -0.05) is 0 Å². The SMILES string of the molecule is COC(=O)c1ncn(-c2c(F)c(F)cc(F)c2F)c1N. The second-order valence-corrected chi connectivity index (χ2v) is 3.66. The van der Waals surface area contributed by atoms with Crippen LogP contribution in [0.15, 0.2) is 12.4 Å². The molecule has 106 valence electrons. The van der Waals surface area contributed by atoms with Crippen LogP contribution in [-0.4, -0.2) is 22.6 Å². The maximum absolute atomic E-state index is 13.6. The first-order valence-corrected chi connectivity index (χ1v) is 5.13. The number of nitrogens with zero attached hydrogens (tertiary/aromatic N) is 2. The van der Waals surface area contributed by atoms with Crippen LogP contribution in [0.3, 0.4) is 0 Å². The van der Waals surface area contributed by atoms with E-state index in [1.165, 1.54) is 0 Å². The van der Waals surface area contributed by atoms with Gasteiger partial charge in [0.25, 0.3) is 0 Å². The molecule has 0 radical (unpaired) electrons. The first-order valence-electron chi connectivity index (χ1n) is 5.13. The molecule has 0 fully saturated rings. The molecule has 0 saturated heterocycles. The Balaban J connectivity index is 2.70. The Morgan fingerprint density at radius 3 is 2.30 bits per heavy atom. The maximum atomic E-state index is 13.6. The number of ether oxygens (including phenoxy) is 1. The molecule has 2 rings (SSSR count). The Morgan fingerprint density at radius 2 is 1.80 bits per heavy atom. The van der Waals surface area contributed by atoms with Crippen molar-refractivity contribution in [1.29, 1.82) is 0 Å². The normalized spacial score (nSPS) is 10.7. The zero-order valence-electron chi connectivity index (χ0n) is 9.95. The van der Waals surface area contributed by atoms with E-state index >= 15 is 0 Å². The number of benzene rings is 1. The molecule has 0 spiro atoms. The van der Waals surface area contributed by atoms with Crippen molar-refractivity contribution in [1.82, 2.24) is 9.55 Å². The van der Waals surface area contributed by atoms with Crippen LogP contribution in [-0.2, 0) is 4.74 Å². The van der Waals surface area contributed by atoms with Crippen molar-refractivity contribution in [3.05, 3.63) is 41.4 Å². The smallest absolute Gasteiger partial charge is 0.360 e. The van der Waals surface area contributed by atoms with Crippen molar-refractivity contribution in [2.24, 2.45) is 0 Å². The highest BCUT2D eigenvalue weighted by molar-refractivity contribution is 5.92. The topological polar surface area (TPSA) is 70.1 Å². The molecular formula is C11H7F4N3O2. The van der Waals surface area contributed by atoms with E-state index in [-0.39, 0.29) is 6.07 Å².